The summed E-state index contributed by atoms with van der Waals surface area (Å²) in [4.78, 5) is 11.8. The van der Waals surface area contributed by atoms with E-state index < -0.39 is 11.7 Å². The molecule has 0 amide bonds. The summed E-state index contributed by atoms with van der Waals surface area (Å²) in [5, 5.41) is 0. The molecular weight excluding hydrogens is 349 g/mol. The maximum absolute atomic E-state index is 12.5. The Bertz CT molecular complexity index is 636. The Balaban J connectivity index is 2.03. The number of ketones is 1. The first-order valence-corrected chi connectivity index (χ1v) is 6.74. The Kier molecular flexibility index (Phi) is 4.67. The molecular formula is C15H10BrF3O2. The third kappa shape index (κ3) is 4.32. The molecule has 0 unspecified atom stereocenters. The summed E-state index contributed by atoms with van der Waals surface area (Å²) in [5.74, 6) is -0.296. The van der Waals surface area contributed by atoms with Crippen molar-refractivity contribution in [1.82, 2.24) is 0 Å². The minimum atomic E-state index is -4.44. The average molecular weight is 359 g/mol. The van der Waals surface area contributed by atoms with Gasteiger partial charge in [-0.2, -0.15) is 13.2 Å². The molecule has 0 aliphatic rings. The molecule has 0 fully saturated rings. The van der Waals surface area contributed by atoms with Crippen LogP contribution in [-0.2, 0) is 6.18 Å². The summed E-state index contributed by atoms with van der Waals surface area (Å²) >= 11 is 3.25. The number of hydrogen-bond acceptors (Lipinski definition) is 2. The van der Waals surface area contributed by atoms with E-state index in [1.54, 1.807) is 24.3 Å². The second-order valence-corrected chi connectivity index (χ2v) is 5.16. The van der Waals surface area contributed by atoms with Gasteiger partial charge in [-0.15, -0.1) is 0 Å². The Hall–Kier alpha value is -1.82. The molecule has 110 valence electrons. The molecule has 0 heterocycles. The molecule has 0 aliphatic carbocycles. The quantitative estimate of drug-likeness (QED) is 0.738. The van der Waals surface area contributed by atoms with Gasteiger partial charge < -0.3 is 4.74 Å². The van der Waals surface area contributed by atoms with E-state index in [0.717, 1.165) is 16.6 Å². The van der Waals surface area contributed by atoms with E-state index >= 15 is 0 Å². The lowest BCUT2D eigenvalue weighted by Crippen LogP contribution is -2.12. The van der Waals surface area contributed by atoms with Crippen molar-refractivity contribution >= 4 is 21.7 Å². The molecule has 0 radical (unpaired) electrons. The number of alkyl halides is 3. The smallest absolute Gasteiger partial charge is 0.416 e. The minimum absolute atomic E-state index is 0.00952. The first-order valence-electron chi connectivity index (χ1n) is 5.95. The van der Waals surface area contributed by atoms with Crippen LogP contribution >= 0.6 is 15.9 Å². The molecule has 0 saturated carbocycles. The topological polar surface area (TPSA) is 26.3 Å². The third-order valence-electron chi connectivity index (χ3n) is 2.70. The van der Waals surface area contributed by atoms with Crippen LogP contribution in [0, 0.1) is 0 Å². The monoisotopic (exact) mass is 358 g/mol. The number of halogens is 4. The number of hydrogen-bond donors (Lipinski definition) is 0. The second kappa shape index (κ2) is 6.30. The number of benzene rings is 2. The van der Waals surface area contributed by atoms with Gasteiger partial charge in [-0.05, 0) is 30.3 Å². The fraction of sp³-hybridized carbons (Fsp3) is 0.133. The van der Waals surface area contributed by atoms with Gasteiger partial charge in [-0.3, -0.25) is 4.79 Å². The van der Waals surface area contributed by atoms with E-state index in [4.69, 9.17) is 4.74 Å². The molecule has 2 aromatic rings. The van der Waals surface area contributed by atoms with Crippen LogP contribution in [-0.4, -0.2) is 12.4 Å². The van der Waals surface area contributed by atoms with Crippen molar-refractivity contribution in [2.45, 2.75) is 6.18 Å². The zero-order chi connectivity index (χ0) is 15.5. The van der Waals surface area contributed by atoms with Gasteiger partial charge in [-0.25, -0.2) is 0 Å². The zero-order valence-corrected chi connectivity index (χ0v) is 12.2. The highest BCUT2D eigenvalue weighted by Crippen LogP contribution is 2.31. The molecule has 0 aromatic heterocycles. The van der Waals surface area contributed by atoms with Gasteiger partial charge in [0.2, 0.25) is 0 Å². The highest BCUT2D eigenvalue weighted by molar-refractivity contribution is 9.10. The Morgan fingerprint density at radius 1 is 1.10 bits per heavy atom. The lowest BCUT2D eigenvalue weighted by molar-refractivity contribution is -0.137. The normalized spacial score (nSPS) is 11.2. The van der Waals surface area contributed by atoms with Crippen LogP contribution in [0.3, 0.4) is 0 Å². The number of rotatable bonds is 4. The molecule has 6 heteroatoms. The van der Waals surface area contributed by atoms with Crippen LogP contribution < -0.4 is 4.74 Å². The second-order valence-electron chi connectivity index (χ2n) is 4.24. The molecule has 2 aromatic carbocycles. The van der Waals surface area contributed by atoms with Gasteiger partial charge in [0.25, 0.3) is 0 Å². The van der Waals surface area contributed by atoms with Gasteiger partial charge in [0.15, 0.2) is 12.4 Å². The summed E-state index contributed by atoms with van der Waals surface area (Å²) in [6, 6.07) is 11.1. The zero-order valence-electron chi connectivity index (χ0n) is 10.7. The predicted molar refractivity (Wildman–Crippen MR) is 75.4 cm³/mol. The van der Waals surface area contributed by atoms with E-state index in [0.29, 0.717) is 5.56 Å². The number of carbonyl (C=O) groups excluding carboxylic acids is 1. The van der Waals surface area contributed by atoms with Crippen LogP contribution in [0.15, 0.2) is 53.0 Å². The van der Waals surface area contributed by atoms with Gasteiger partial charge in [0, 0.05) is 10.0 Å². The average Bonchev–Trinajstić information content (AvgIpc) is 2.45. The van der Waals surface area contributed by atoms with Crippen LogP contribution in [0.25, 0.3) is 0 Å². The summed E-state index contributed by atoms with van der Waals surface area (Å²) in [7, 11) is 0. The standard InChI is InChI=1S/C15H10BrF3O2/c16-12-6-4-10(5-7-12)14(20)9-21-13-3-1-2-11(8-13)15(17,18)19/h1-8H,9H2. The Morgan fingerprint density at radius 2 is 1.76 bits per heavy atom. The number of ether oxygens (including phenoxy) is 1. The lowest BCUT2D eigenvalue weighted by atomic mass is 10.1. The molecule has 0 spiro atoms. The van der Waals surface area contributed by atoms with Crippen molar-refractivity contribution in [3.05, 3.63) is 64.1 Å². The van der Waals surface area contributed by atoms with Crippen LogP contribution in [0.4, 0.5) is 13.2 Å². The minimum Gasteiger partial charge on any atom is -0.485 e. The van der Waals surface area contributed by atoms with Crippen molar-refractivity contribution in [3.63, 3.8) is 0 Å². The largest absolute Gasteiger partial charge is 0.485 e. The van der Waals surface area contributed by atoms with Crippen molar-refractivity contribution in [3.8, 4) is 5.75 Å². The molecule has 2 nitrogen and oxygen atoms in total. The van der Waals surface area contributed by atoms with Gasteiger partial charge in [0.1, 0.15) is 5.75 Å². The van der Waals surface area contributed by atoms with E-state index in [9.17, 15) is 18.0 Å². The SMILES string of the molecule is O=C(COc1cccc(C(F)(F)F)c1)c1ccc(Br)cc1. The number of Topliss-reactive ketones (excluding diaryl/α,β-unsaturated/α-hetero) is 1. The van der Waals surface area contributed by atoms with Crippen molar-refractivity contribution in [2.24, 2.45) is 0 Å². The highest BCUT2D eigenvalue weighted by atomic mass is 79.9. The molecule has 0 N–H and O–H groups in total. The lowest BCUT2D eigenvalue weighted by Gasteiger charge is -2.09. The first kappa shape index (κ1) is 15.6. The predicted octanol–water partition coefficient (Wildman–Crippen LogP) is 4.73. The highest BCUT2D eigenvalue weighted by Gasteiger charge is 2.30. The van der Waals surface area contributed by atoms with E-state index in [1.165, 1.54) is 12.1 Å². The summed E-state index contributed by atoms with van der Waals surface area (Å²) in [5.41, 5.74) is -0.374. The van der Waals surface area contributed by atoms with Gasteiger partial charge >= 0.3 is 6.18 Å². The third-order valence-corrected chi connectivity index (χ3v) is 3.23. The van der Waals surface area contributed by atoms with Gasteiger partial charge in [0.05, 0.1) is 5.56 Å². The molecule has 0 atom stereocenters. The fourth-order valence-electron chi connectivity index (χ4n) is 1.63. The molecule has 21 heavy (non-hydrogen) atoms. The van der Waals surface area contributed by atoms with E-state index in [1.807, 2.05) is 0 Å². The summed E-state index contributed by atoms with van der Waals surface area (Å²) < 4.78 is 43.6. The van der Waals surface area contributed by atoms with Crippen molar-refractivity contribution < 1.29 is 22.7 Å². The molecule has 0 saturated heterocycles. The maximum atomic E-state index is 12.5. The molecule has 2 rings (SSSR count). The van der Waals surface area contributed by atoms with Crippen molar-refractivity contribution in [2.75, 3.05) is 6.61 Å². The van der Waals surface area contributed by atoms with E-state index in [2.05, 4.69) is 15.9 Å². The summed E-state index contributed by atoms with van der Waals surface area (Å²) in [6.45, 7) is -0.317. The Labute approximate surface area is 127 Å². The van der Waals surface area contributed by atoms with Crippen LogP contribution in [0.1, 0.15) is 15.9 Å². The maximum Gasteiger partial charge on any atom is 0.416 e. The van der Waals surface area contributed by atoms with Crippen LogP contribution in [0.2, 0.25) is 0 Å². The van der Waals surface area contributed by atoms with Crippen LogP contribution in [0.5, 0.6) is 5.75 Å². The summed E-state index contributed by atoms with van der Waals surface area (Å²) in [6.07, 6.45) is -4.44. The molecule has 0 aliphatic heterocycles. The number of carbonyl (C=O) groups is 1. The fourth-order valence-corrected chi connectivity index (χ4v) is 1.89. The van der Waals surface area contributed by atoms with Crippen molar-refractivity contribution in [1.29, 1.82) is 0 Å². The Morgan fingerprint density at radius 3 is 2.38 bits per heavy atom. The van der Waals surface area contributed by atoms with Gasteiger partial charge in [-0.1, -0.05) is 34.1 Å². The first-order chi connectivity index (χ1) is 9.86. The molecule has 0 bridgehead atoms. The van der Waals surface area contributed by atoms with E-state index in [-0.39, 0.29) is 18.1 Å².